The largest absolute Gasteiger partial charge is 0.496 e. The first-order chi connectivity index (χ1) is 12.6. The summed E-state index contributed by atoms with van der Waals surface area (Å²) >= 11 is 6.04. The van der Waals surface area contributed by atoms with E-state index in [-0.39, 0.29) is 11.8 Å². The lowest BCUT2D eigenvalue weighted by Crippen LogP contribution is -2.37. The van der Waals surface area contributed by atoms with E-state index in [2.05, 4.69) is 0 Å². The number of halogens is 1. The molecule has 1 aliphatic rings. The Hall–Kier alpha value is -2.53. The molecule has 1 heterocycles. The van der Waals surface area contributed by atoms with Crippen LogP contribution in [0.5, 0.6) is 5.75 Å². The predicted molar refractivity (Wildman–Crippen MR) is 101 cm³/mol. The molecule has 0 N–H and O–H groups in total. The monoisotopic (exact) mass is 372 g/mol. The van der Waals surface area contributed by atoms with Gasteiger partial charge in [0, 0.05) is 36.8 Å². The maximum Gasteiger partial charge on any atom is 0.257 e. The van der Waals surface area contributed by atoms with Crippen LogP contribution in [-0.2, 0) is 0 Å². The lowest BCUT2D eigenvalue weighted by molar-refractivity contribution is 0.0717. The summed E-state index contributed by atoms with van der Waals surface area (Å²) in [6, 6.07) is 14.2. The summed E-state index contributed by atoms with van der Waals surface area (Å²) < 4.78 is 5.29. The second kappa shape index (κ2) is 8.23. The van der Waals surface area contributed by atoms with Crippen molar-refractivity contribution in [3.8, 4) is 5.75 Å². The Bertz CT molecular complexity index is 795. The number of carbonyl (C=O) groups is 2. The first-order valence-electron chi connectivity index (χ1n) is 8.57. The molecule has 136 valence electrons. The number of ether oxygens (including phenoxy) is 1. The highest BCUT2D eigenvalue weighted by Crippen LogP contribution is 2.24. The van der Waals surface area contributed by atoms with Crippen molar-refractivity contribution in [2.45, 2.75) is 6.42 Å². The maximum atomic E-state index is 12.9. The van der Waals surface area contributed by atoms with Gasteiger partial charge in [0.25, 0.3) is 11.8 Å². The Kier molecular flexibility index (Phi) is 5.78. The number of amides is 2. The Balaban J connectivity index is 1.72. The minimum absolute atomic E-state index is 0.000218. The first kappa shape index (κ1) is 18.3. The van der Waals surface area contributed by atoms with Gasteiger partial charge in [-0.2, -0.15) is 0 Å². The van der Waals surface area contributed by atoms with Crippen LogP contribution < -0.4 is 4.74 Å². The molecular weight excluding hydrogens is 352 g/mol. The zero-order valence-electron chi connectivity index (χ0n) is 14.7. The van der Waals surface area contributed by atoms with E-state index < -0.39 is 0 Å². The van der Waals surface area contributed by atoms with E-state index in [9.17, 15) is 9.59 Å². The van der Waals surface area contributed by atoms with Gasteiger partial charge < -0.3 is 14.5 Å². The fraction of sp³-hybridized carbons (Fsp3) is 0.300. The minimum atomic E-state index is -0.127. The smallest absolute Gasteiger partial charge is 0.257 e. The molecule has 1 aliphatic heterocycles. The van der Waals surface area contributed by atoms with Crippen LogP contribution in [0, 0.1) is 0 Å². The van der Waals surface area contributed by atoms with Crippen LogP contribution in [0.25, 0.3) is 0 Å². The van der Waals surface area contributed by atoms with E-state index in [0.29, 0.717) is 48.1 Å². The molecule has 1 saturated heterocycles. The van der Waals surface area contributed by atoms with E-state index in [4.69, 9.17) is 16.3 Å². The van der Waals surface area contributed by atoms with Crippen LogP contribution in [0.4, 0.5) is 0 Å². The number of benzene rings is 2. The summed E-state index contributed by atoms with van der Waals surface area (Å²) in [6.45, 7) is 2.20. The van der Waals surface area contributed by atoms with Crippen molar-refractivity contribution in [3.63, 3.8) is 0 Å². The van der Waals surface area contributed by atoms with Crippen LogP contribution in [0.15, 0.2) is 48.5 Å². The van der Waals surface area contributed by atoms with Crippen LogP contribution in [0.2, 0.25) is 5.02 Å². The zero-order chi connectivity index (χ0) is 18.5. The van der Waals surface area contributed by atoms with Gasteiger partial charge >= 0.3 is 0 Å². The first-order valence-corrected chi connectivity index (χ1v) is 8.95. The van der Waals surface area contributed by atoms with Gasteiger partial charge in [-0.3, -0.25) is 9.59 Å². The van der Waals surface area contributed by atoms with Crippen molar-refractivity contribution in [1.82, 2.24) is 9.80 Å². The molecule has 1 fully saturated rings. The molecule has 2 aromatic carbocycles. The standard InChI is InChI=1S/C20H21ClN2O3/c1-26-18-9-8-16(21)14-17(18)20(25)23-11-5-10-22(12-13-23)19(24)15-6-3-2-4-7-15/h2-4,6-9,14H,5,10-13H2,1H3. The molecule has 2 amide bonds. The molecule has 5 nitrogen and oxygen atoms in total. The fourth-order valence-corrected chi connectivity index (χ4v) is 3.28. The van der Waals surface area contributed by atoms with Crippen LogP contribution in [-0.4, -0.2) is 54.9 Å². The molecule has 0 atom stereocenters. The topological polar surface area (TPSA) is 49.9 Å². The number of hydrogen-bond donors (Lipinski definition) is 0. The van der Waals surface area contributed by atoms with Crippen molar-refractivity contribution < 1.29 is 14.3 Å². The lowest BCUT2D eigenvalue weighted by Gasteiger charge is -2.23. The zero-order valence-corrected chi connectivity index (χ0v) is 15.4. The second-order valence-corrected chi connectivity index (χ2v) is 6.59. The highest BCUT2D eigenvalue weighted by Gasteiger charge is 2.25. The average Bonchev–Trinajstić information content (AvgIpc) is 2.93. The third kappa shape index (κ3) is 3.99. The molecular formula is C20H21ClN2O3. The summed E-state index contributed by atoms with van der Waals surface area (Å²) in [5, 5.41) is 0.491. The average molecular weight is 373 g/mol. The molecule has 0 bridgehead atoms. The predicted octanol–water partition coefficient (Wildman–Crippen LogP) is 3.34. The molecule has 2 aromatic rings. The molecule has 0 saturated carbocycles. The van der Waals surface area contributed by atoms with Crippen LogP contribution >= 0.6 is 11.6 Å². The Morgan fingerprint density at radius 3 is 2.23 bits per heavy atom. The van der Waals surface area contributed by atoms with E-state index in [1.54, 1.807) is 28.0 Å². The van der Waals surface area contributed by atoms with E-state index in [1.165, 1.54) is 7.11 Å². The third-order valence-electron chi connectivity index (χ3n) is 4.48. The Labute approximate surface area is 158 Å². The molecule has 0 aromatic heterocycles. The molecule has 3 rings (SSSR count). The number of methoxy groups -OCH3 is 1. The number of nitrogens with zero attached hydrogens (tertiary/aromatic N) is 2. The van der Waals surface area contributed by atoms with Gasteiger partial charge in [-0.1, -0.05) is 29.8 Å². The minimum Gasteiger partial charge on any atom is -0.496 e. The molecule has 0 spiro atoms. The molecule has 0 unspecified atom stereocenters. The summed E-state index contributed by atoms with van der Waals surface area (Å²) in [6.07, 6.45) is 0.729. The molecule has 26 heavy (non-hydrogen) atoms. The summed E-state index contributed by atoms with van der Waals surface area (Å²) in [4.78, 5) is 29.1. The quantitative estimate of drug-likeness (QED) is 0.830. The van der Waals surface area contributed by atoms with Crippen molar-refractivity contribution in [2.75, 3.05) is 33.3 Å². The summed E-state index contributed by atoms with van der Waals surface area (Å²) in [5.41, 5.74) is 1.12. The summed E-state index contributed by atoms with van der Waals surface area (Å²) in [7, 11) is 1.53. The highest BCUT2D eigenvalue weighted by atomic mass is 35.5. The number of rotatable bonds is 3. The maximum absolute atomic E-state index is 12.9. The molecule has 6 heteroatoms. The van der Waals surface area contributed by atoms with Gasteiger partial charge in [-0.05, 0) is 36.8 Å². The third-order valence-corrected chi connectivity index (χ3v) is 4.72. The van der Waals surface area contributed by atoms with Crippen LogP contribution in [0.1, 0.15) is 27.1 Å². The molecule has 0 aliphatic carbocycles. The number of carbonyl (C=O) groups excluding carboxylic acids is 2. The van der Waals surface area contributed by atoms with Crippen molar-refractivity contribution in [2.24, 2.45) is 0 Å². The lowest BCUT2D eigenvalue weighted by atomic mass is 10.1. The van der Waals surface area contributed by atoms with Gasteiger partial charge in [0.2, 0.25) is 0 Å². The van der Waals surface area contributed by atoms with Gasteiger partial charge in [0.1, 0.15) is 5.75 Å². The van der Waals surface area contributed by atoms with Gasteiger partial charge in [-0.15, -0.1) is 0 Å². The SMILES string of the molecule is COc1ccc(Cl)cc1C(=O)N1CCCN(C(=O)c2ccccc2)CC1. The normalized spacial score (nSPS) is 14.7. The van der Waals surface area contributed by atoms with Crippen molar-refractivity contribution in [3.05, 3.63) is 64.7 Å². The highest BCUT2D eigenvalue weighted by molar-refractivity contribution is 6.31. The van der Waals surface area contributed by atoms with Crippen LogP contribution in [0.3, 0.4) is 0 Å². The number of hydrogen-bond acceptors (Lipinski definition) is 3. The van der Waals surface area contributed by atoms with Gasteiger partial charge in [0.05, 0.1) is 12.7 Å². The second-order valence-electron chi connectivity index (χ2n) is 6.15. The van der Waals surface area contributed by atoms with Crippen molar-refractivity contribution >= 4 is 23.4 Å². The van der Waals surface area contributed by atoms with Crippen molar-refractivity contribution in [1.29, 1.82) is 0 Å². The van der Waals surface area contributed by atoms with E-state index in [1.807, 2.05) is 30.3 Å². The van der Waals surface area contributed by atoms with Gasteiger partial charge in [0.15, 0.2) is 0 Å². The Morgan fingerprint density at radius 1 is 0.923 bits per heavy atom. The van der Waals surface area contributed by atoms with E-state index >= 15 is 0 Å². The van der Waals surface area contributed by atoms with E-state index in [0.717, 1.165) is 6.42 Å². The summed E-state index contributed by atoms with van der Waals surface area (Å²) in [5.74, 6) is 0.375. The van der Waals surface area contributed by atoms with Gasteiger partial charge in [-0.25, -0.2) is 0 Å². The molecule has 0 radical (unpaired) electrons. The fourth-order valence-electron chi connectivity index (χ4n) is 3.10. The Morgan fingerprint density at radius 2 is 1.58 bits per heavy atom.